The zero-order valence-electron chi connectivity index (χ0n) is 9.62. The predicted molar refractivity (Wildman–Crippen MR) is 62.6 cm³/mol. The maximum absolute atomic E-state index is 11.0. The summed E-state index contributed by atoms with van der Waals surface area (Å²) in [4.78, 5) is 11.0. The van der Waals surface area contributed by atoms with E-state index >= 15 is 0 Å². The summed E-state index contributed by atoms with van der Waals surface area (Å²) in [6.07, 6.45) is 4.54. The molecule has 86 valence electrons. The molecule has 0 N–H and O–H groups in total. The van der Waals surface area contributed by atoms with Crippen molar-refractivity contribution in [2.24, 2.45) is 0 Å². The third-order valence-electron chi connectivity index (χ3n) is 3.06. The molecule has 1 heterocycles. The second kappa shape index (κ2) is 5.46. The molecular weight excluding hydrogens is 208 g/mol. The van der Waals surface area contributed by atoms with Crippen molar-refractivity contribution in [3.05, 3.63) is 12.7 Å². The first-order valence-electron chi connectivity index (χ1n) is 5.54. The van der Waals surface area contributed by atoms with E-state index < -0.39 is 8.80 Å². The molecule has 1 aliphatic heterocycles. The molecule has 0 saturated carbocycles. The topological polar surface area (TPSA) is 35.5 Å². The van der Waals surface area contributed by atoms with Gasteiger partial charge in [0.15, 0.2) is 0 Å². The standard InChI is InChI=1S/C11H20O3Si/c1-4-10(12)13-9-11(15(2)3)7-5-6-8-14-11/h4,15H,1,5-9H2,2-3H3. The summed E-state index contributed by atoms with van der Waals surface area (Å²) >= 11 is 0. The Kier molecular flexibility index (Phi) is 4.54. The van der Waals surface area contributed by atoms with Crippen molar-refractivity contribution in [2.75, 3.05) is 13.2 Å². The number of carbonyl (C=O) groups excluding carboxylic acids is 1. The Balaban J connectivity index is 2.56. The number of esters is 1. The van der Waals surface area contributed by atoms with E-state index in [2.05, 4.69) is 19.7 Å². The third kappa shape index (κ3) is 3.17. The first-order chi connectivity index (χ1) is 7.10. The lowest BCUT2D eigenvalue weighted by Crippen LogP contribution is -2.51. The highest BCUT2D eigenvalue weighted by Crippen LogP contribution is 2.28. The van der Waals surface area contributed by atoms with Crippen LogP contribution >= 0.6 is 0 Å². The summed E-state index contributed by atoms with van der Waals surface area (Å²) in [5, 5.41) is -0.142. The van der Waals surface area contributed by atoms with Crippen LogP contribution in [-0.2, 0) is 14.3 Å². The van der Waals surface area contributed by atoms with E-state index in [1.807, 2.05) is 0 Å². The monoisotopic (exact) mass is 228 g/mol. The molecule has 0 aromatic heterocycles. The fourth-order valence-electron chi connectivity index (χ4n) is 1.86. The molecule has 0 aromatic carbocycles. The molecule has 0 bridgehead atoms. The van der Waals surface area contributed by atoms with Gasteiger partial charge in [-0.05, 0) is 19.3 Å². The van der Waals surface area contributed by atoms with E-state index in [1.54, 1.807) is 0 Å². The molecular formula is C11H20O3Si. The van der Waals surface area contributed by atoms with Gasteiger partial charge in [-0.1, -0.05) is 19.7 Å². The minimum atomic E-state index is -0.991. The van der Waals surface area contributed by atoms with Crippen LogP contribution in [0.2, 0.25) is 13.1 Å². The van der Waals surface area contributed by atoms with Crippen LogP contribution in [0.15, 0.2) is 12.7 Å². The molecule has 3 nitrogen and oxygen atoms in total. The van der Waals surface area contributed by atoms with Crippen molar-refractivity contribution in [1.29, 1.82) is 0 Å². The maximum Gasteiger partial charge on any atom is 0.330 e. The summed E-state index contributed by atoms with van der Waals surface area (Å²) in [5.41, 5.74) is 0. The van der Waals surface area contributed by atoms with E-state index in [0.29, 0.717) is 6.61 Å². The molecule has 0 radical (unpaired) electrons. The smallest absolute Gasteiger partial charge is 0.330 e. The van der Waals surface area contributed by atoms with Gasteiger partial charge in [0, 0.05) is 12.7 Å². The first-order valence-corrected chi connectivity index (χ1v) is 8.42. The van der Waals surface area contributed by atoms with Crippen LogP contribution in [0.25, 0.3) is 0 Å². The van der Waals surface area contributed by atoms with Crippen LogP contribution in [0.5, 0.6) is 0 Å². The Bertz CT molecular complexity index is 232. The van der Waals surface area contributed by atoms with Crippen LogP contribution in [0, 0.1) is 0 Å². The lowest BCUT2D eigenvalue weighted by Gasteiger charge is -2.39. The number of carbonyl (C=O) groups is 1. The lowest BCUT2D eigenvalue weighted by molar-refractivity contribution is -0.146. The summed E-state index contributed by atoms with van der Waals surface area (Å²) in [5.74, 6) is -0.349. The van der Waals surface area contributed by atoms with E-state index in [0.717, 1.165) is 19.4 Å². The number of hydrogen-bond acceptors (Lipinski definition) is 3. The molecule has 0 aliphatic carbocycles. The van der Waals surface area contributed by atoms with E-state index in [4.69, 9.17) is 9.47 Å². The Morgan fingerprint density at radius 3 is 2.80 bits per heavy atom. The molecule has 15 heavy (non-hydrogen) atoms. The molecule has 0 aromatic rings. The average molecular weight is 228 g/mol. The Morgan fingerprint density at radius 2 is 2.33 bits per heavy atom. The Labute approximate surface area is 93.1 Å². The lowest BCUT2D eigenvalue weighted by atomic mass is 10.1. The maximum atomic E-state index is 11.0. The van der Waals surface area contributed by atoms with Crippen LogP contribution < -0.4 is 0 Å². The normalized spacial score (nSPS) is 26.3. The molecule has 1 unspecified atom stereocenters. The highest BCUT2D eigenvalue weighted by atomic mass is 28.3. The van der Waals surface area contributed by atoms with Crippen molar-refractivity contribution in [2.45, 2.75) is 37.6 Å². The van der Waals surface area contributed by atoms with Crippen LogP contribution in [0.1, 0.15) is 19.3 Å². The summed E-state index contributed by atoms with van der Waals surface area (Å²) in [7, 11) is -0.991. The van der Waals surface area contributed by atoms with Crippen molar-refractivity contribution < 1.29 is 14.3 Å². The first kappa shape index (κ1) is 12.5. The highest BCUT2D eigenvalue weighted by Gasteiger charge is 2.38. The predicted octanol–water partition coefficient (Wildman–Crippen LogP) is 1.68. The fourth-order valence-corrected chi connectivity index (χ4v) is 3.51. The zero-order chi connectivity index (χ0) is 11.3. The minimum Gasteiger partial charge on any atom is -0.460 e. The Hall–Kier alpha value is -0.613. The van der Waals surface area contributed by atoms with Crippen molar-refractivity contribution in [1.82, 2.24) is 0 Å². The van der Waals surface area contributed by atoms with Gasteiger partial charge in [-0.15, -0.1) is 0 Å². The molecule has 1 aliphatic rings. The molecule has 4 heteroatoms. The second-order valence-electron chi connectivity index (χ2n) is 4.34. The molecule has 0 amide bonds. The molecule has 1 atom stereocenters. The van der Waals surface area contributed by atoms with Gasteiger partial charge in [-0.25, -0.2) is 4.79 Å². The molecule has 1 rings (SSSR count). The summed E-state index contributed by atoms with van der Waals surface area (Å²) in [6.45, 7) is 9.08. The van der Waals surface area contributed by atoms with Gasteiger partial charge in [0.2, 0.25) is 0 Å². The minimum absolute atomic E-state index is 0.142. The van der Waals surface area contributed by atoms with Crippen LogP contribution in [0.4, 0.5) is 0 Å². The van der Waals surface area contributed by atoms with Gasteiger partial charge in [-0.2, -0.15) is 0 Å². The van der Waals surface area contributed by atoms with E-state index in [1.165, 1.54) is 12.5 Å². The average Bonchev–Trinajstić information content (AvgIpc) is 2.27. The Morgan fingerprint density at radius 1 is 1.60 bits per heavy atom. The third-order valence-corrected chi connectivity index (χ3v) is 5.79. The van der Waals surface area contributed by atoms with Crippen molar-refractivity contribution >= 4 is 14.8 Å². The van der Waals surface area contributed by atoms with Gasteiger partial charge < -0.3 is 9.47 Å². The van der Waals surface area contributed by atoms with Crippen LogP contribution in [-0.4, -0.2) is 33.2 Å². The number of rotatable bonds is 4. The van der Waals surface area contributed by atoms with Gasteiger partial charge >= 0.3 is 5.97 Å². The van der Waals surface area contributed by atoms with Gasteiger partial charge in [0.05, 0.1) is 14.0 Å². The fraction of sp³-hybridized carbons (Fsp3) is 0.727. The van der Waals surface area contributed by atoms with Crippen molar-refractivity contribution in [3.8, 4) is 0 Å². The summed E-state index contributed by atoms with van der Waals surface area (Å²) < 4.78 is 11.0. The van der Waals surface area contributed by atoms with Crippen LogP contribution in [0.3, 0.4) is 0 Å². The van der Waals surface area contributed by atoms with E-state index in [-0.39, 0.29) is 11.2 Å². The van der Waals surface area contributed by atoms with Gasteiger partial charge in [0.25, 0.3) is 0 Å². The van der Waals surface area contributed by atoms with Gasteiger partial charge in [0.1, 0.15) is 6.61 Å². The largest absolute Gasteiger partial charge is 0.460 e. The van der Waals surface area contributed by atoms with Gasteiger partial charge in [-0.3, -0.25) is 0 Å². The zero-order valence-corrected chi connectivity index (χ0v) is 10.8. The summed E-state index contributed by atoms with van der Waals surface area (Å²) in [6, 6.07) is 0. The molecule has 1 fully saturated rings. The molecule has 0 spiro atoms. The highest BCUT2D eigenvalue weighted by molar-refractivity contribution is 6.59. The van der Waals surface area contributed by atoms with Crippen molar-refractivity contribution in [3.63, 3.8) is 0 Å². The number of ether oxygens (including phenoxy) is 2. The second-order valence-corrected chi connectivity index (χ2v) is 7.70. The van der Waals surface area contributed by atoms with E-state index in [9.17, 15) is 4.79 Å². The number of hydrogen-bond donors (Lipinski definition) is 0. The SMILES string of the molecule is C=CC(=O)OCC1([SiH](C)C)CCCCO1. The quantitative estimate of drug-likeness (QED) is 0.417. The molecule has 1 saturated heterocycles.